The SMILES string of the molecule is CC(C)NC(C)(CCCN(C)C1CCN(C)CC1)C(=O)O. The topological polar surface area (TPSA) is 55.8 Å². The van der Waals surface area contributed by atoms with Gasteiger partial charge in [-0.2, -0.15) is 0 Å². The molecule has 5 nitrogen and oxygen atoms in total. The summed E-state index contributed by atoms with van der Waals surface area (Å²) >= 11 is 0. The van der Waals surface area contributed by atoms with Gasteiger partial charge >= 0.3 is 5.97 Å². The molecule has 1 aliphatic rings. The highest BCUT2D eigenvalue weighted by molar-refractivity contribution is 5.78. The number of rotatable bonds is 8. The molecule has 0 aromatic heterocycles. The average molecular weight is 299 g/mol. The van der Waals surface area contributed by atoms with Crippen LogP contribution in [0.25, 0.3) is 0 Å². The largest absolute Gasteiger partial charge is 0.480 e. The molecule has 1 aliphatic heterocycles. The van der Waals surface area contributed by atoms with E-state index in [9.17, 15) is 9.90 Å². The third-order valence-electron chi connectivity index (χ3n) is 4.58. The number of likely N-dealkylation sites (tertiary alicyclic amines) is 1. The molecular weight excluding hydrogens is 266 g/mol. The number of nitrogens with zero attached hydrogens (tertiary/aromatic N) is 2. The van der Waals surface area contributed by atoms with Crippen molar-refractivity contribution >= 4 is 5.97 Å². The maximum Gasteiger partial charge on any atom is 0.323 e. The van der Waals surface area contributed by atoms with E-state index in [1.165, 1.54) is 12.8 Å². The van der Waals surface area contributed by atoms with E-state index in [1.807, 2.05) is 13.8 Å². The molecule has 0 bridgehead atoms. The lowest BCUT2D eigenvalue weighted by Gasteiger charge is -2.36. The molecule has 1 atom stereocenters. The van der Waals surface area contributed by atoms with Gasteiger partial charge in [-0.25, -0.2) is 0 Å². The van der Waals surface area contributed by atoms with Gasteiger partial charge in [0.25, 0.3) is 0 Å². The third kappa shape index (κ3) is 5.93. The Kier molecular flexibility index (Phi) is 7.10. The van der Waals surface area contributed by atoms with Gasteiger partial charge < -0.3 is 14.9 Å². The zero-order chi connectivity index (χ0) is 16.0. The Hall–Kier alpha value is -0.650. The van der Waals surface area contributed by atoms with Crippen molar-refractivity contribution in [1.82, 2.24) is 15.1 Å². The van der Waals surface area contributed by atoms with Crippen LogP contribution in [0.4, 0.5) is 0 Å². The van der Waals surface area contributed by atoms with Gasteiger partial charge in [-0.1, -0.05) is 0 Å². The second kappa shape index (κ2) is 8.11. The first-order valence-electron chi connectivity index (χ1n) is 8.14. The minimum atomic E-state index is -0.818. The highest BCUT2D eigenvalue weighted by Gasteiger charge is 2.33. The summed E-state index contributed by atoms with van der Waals surface area (Å²) in [5.74, 6) is -0.752. The molecular formula is C16H33N3O2. The predicted molar refractivity (Wildman–Crippen MR) is 86.7 cm³/mol. The summed E-state index contributed by atoms with van der Waals surface area (Å²) in [6, 6.07) is 0.827. The van der Waals surface area contributed by atoms with Gasteiger partial charge in [0.2, 0.25) is 0 Å². The van der Waals surface area contributed by atoms with Gasteiger partial charge in [-0.3, -0.25) is 10.1 Å². The Morgan fingerprint density at radius 2 is 2.00 bits per heavy atom. The maximum atomic E-state index is 11.5. The van der Waals surface area contributed by atoms with E-state index in [4.69, 9.17) is 0 Å². The summed E-state index contributed by atoms with van der Waals surface area (Å²) in [5, 5.41) is 12.6. The van der Waals surface area contributed by atoms with Crippen LogP contribution in [0.2, 0.25) is 0 Å². The molecule has 1 fully saturated rings. The summed E-state index contributed by atoms with van der Waals surface area (Å²) in [6.07, 6.45) is 4.00. The van der Waals surface area contributed by atoms with Gasteiger partial charge in [0.05, 0.1) is 0 Å². The van der Waals surface area contributed by atoms with Crippen LogP contribution in [0, 0.1) is 0 Å². The maximum absolute atomic E-state index is 11.5. The zero-order valence-electron chi connectivity index (χ0n) is 14.4. The van der Waals surface area contributed by atoms with Crippen LogP contribution in [0.1, 0.15) is 46.5 Å². The first kappa shape index (κ1) is 18.4. The summed E-state index contributed by atoms with van der Waals surface area (Å²) in [6.45, 7) is 9.08. The number of carbonyl (C=O) groups is 1. The van der Waals surface area contributed by atoms with Gasteiger partial charge in [0.1, 0.15) is 5.54 Å². The summed E-state index contributed by atoms with van der Waals surface area (Å²) in [4.78, 5) is 16.3. The van der Waals surface area contributed by atoms with Crippen LogP contribution in [0.5, 0.6) is 0 Å². The molecule has 0 spiro atoms. The molecule has 0 amide bonds. The predicted octanol–water partition coefficient (Wildman–Crippen LogP) is 1.63. The van der Waals surface area contributed by atoms with Crippen molar-refractivity contribution in [2.24, 2.45) is 0 Å². The van der Waals surface area contributed by atoms with Crippen molar-refractivity contribution in [2.45, 2.75) is 64.1 Å². The number of hydrogen-bond donors (Lipinski definition) is 2. The number of aliphatic carboxylic acids is 1. The third-order valence-corrected chi connectivity index (χ3v) is 4.58. The number of piperidine rings is 1. The van der Waals surface area contributed by atoms with Gasteiger partial charge in [-0.05, 0) is 80.2 Å². The van der Waals surface area contributed by atoms with Crippen molar-refractivity contribution in [3.63, 3.8) is 0 Å². The van der Waals surface area contributed by atoms with E-state index in [0.29, 0.717) is 12.5 Å². The fourth-order valence-electron chi connectivity index (χ4n) is 3.18. The average Bonchev–Trinajstić information content (AvgIpc) is 2.38. The molecule has 0 radical (unpaired) electrons. The lowest BCUT2D eigenvalue weighted by molar-refractivity contribution is -0.144. The van der Waals surface area contributed by atoms with Crippen LogP contribution < -0.4 is 5.32 Å². The van der Waals surface area contributed by atoms with Crippen LogP contribution in [-0.2, 0) is 4.79 Å². The standard InChI is InChI=1S/C16H33N3O2/c1-13(2)17-16(3,15(20)21)9-6-10-19(5)14-7-11-18(4)12-8-14/h13-14,17H,6-12H2,1-5H3,(H,20,21). The van der Waals surface area contributed by atoms with Gasteiger partial charge in [-0.15, -0.1) is 0 Å². The number of hydrogen-bond acceptors (Lipinski definition) is 4. The molecule has 1 saturated heterocycles. The Bertz CT molecular complexity index is 327. The number of carboxylic acids is 1. The lowest BCUT2D eigenvalue weighted by atomic mass is 9.94. The fourth-order valence-corrected chi connectivity index (χ4v) is 3.18. The van der Waals surface area contributed by atoms with Crippen molar-refractivity contribution in [3.05, 3.63) is 0 Å². The summed E-state index contributed by atoms with van der Waals surface area (Å²) < 4.78 is 0. The van der Waals surface area contributed by atoms with Crippen molar-refractivity contribution < 1.29 is 9.90 Å². The van der Waals surface area contributed by atoms with E-state index in [0.717, 1.165) is 26.1 Å². The molecule has 0 saturated carbocycles. The highest BCUT2D eigenvalue weighted by Crippen LogP contribution is 2.18. The number of nitrogens with one attached hydrogen (secondary N) is 1. The molecule has 1 unspecified atom stereocenters. The molecule has 0 aromatic rings. The minimum Gasteiger partial charge on any atom is -0.480 e. The molecule has 2 N–H and O–H groups in total. The van der Waals surface area contributed by atoms with Crippen molar-refractivity contribution in [1.29, 1.82) is 0 Å². The van der Waals surface area contributed by atoms with Crippen molar-refractivity contribution in [2.75, 3.05) is 33.7 Å². The lowest BCUT2D eigenvalue weighted by Crippen LogP contribution is -2.52. The molecule has 21 heavy (non-hydrogen) atoms. The van der Waals surface area contributed by atoms with Crippen LogP contribution in [0.3, 0.4) is 0 Å². The van der Waals surface area contributed by atoms with E-state index in [2.05, 4.69) is 29.2 Å². The van der Waals surface area contributed by atoms with Crippen LogP contribution in [0.15, 0.2) is 0 Å². The van der Waals surface area contributed by atoms with E-state index >= 15 is 0 Å². The Morgan fingerprint density at radius 1 is 1.43 bits per heavy atom. The molecule has 1 heterocycles. The smallest absolute Gasteiger partial charge is 0.323 e. The van der Waals surface area contributed by atoms with E-state index < -0.39 is 11.5 Å². The summed E-state index contributed by atoms with van der Waals surface area (Å²) in [5.41, 5.74) is -0.818. The normalized spacial score (nSPS) is 20.9. The van der Waals surface area contributed by atoms with Gasteiger partial charge in [0.15, 0.2) is 0 Å². The van der Waals surface area contributed by atoms with Crippen LogP contribution in [-0.4, -0.2) is 72.2 Å². The molecule has 124 valence electrons. The van der Waals surface area contributed by atoms with E-state index in [-0.39, 0.29) is 6.04 Å². The minimum absolute atomic E-state index is 0.178. The molecule has 0 aliphatic carbocycles. The monoisotopic (exact) mass is 299 g/mol. The Balaban J connectivity index is 2.38. The second-order valence-electron chi connectivity index (χ2n) is 7.05. The summed E-state index contributed by atoms with van der Waals surface area (Å²) in [7, 11) is 4.34. The first-order valence-corrected chi connectivity index (χ1v) is 8.14. The Morgan fingerprint density at radius 3 is 2.48 bits per heavy atom. The van der Waals surface area contributed by atoms with Crippen LogP contribution >= 0.6 is 0 Å². The van der Waals surface area contributed by atoms with Gasteiger partial charge in [0, 0.05) is 12.1 Å². The zero-order valence-corrected chi connectivity index (χ0v) is 14.4. The number of carboxylic acid groups (broad SMARTS) is 1. The first-order chi connectivity index (χ1) is 9.74. The Labute approximate surface area is 129 Å². The highest BCUT2D eigenvalue weighted by atomic mass is 16.4. The second-order valence-corrected chi connectivity index (χ2v) is 7.05. The van der Waals surface area contributed by atoms with E-state index in [1.54, 1.807) is 6.92 Å². The fraction of sp³-hybridized carbons (Fsp3) is 0.938. The molecule has 0 aromatic carbocycles. The molecule has 5 heteroatoms. The molecule has 1 rings (SSSR count). The quantitative estimate of drug-likeness (QED) is 0.713. The van der Waals surface area contributed by atoms with Crippen molar-refractivity contribution in [3.8, 4) is 0 Å².